The number of hydrogen-bond acceptors (Lipinski definition) is 5. The average Bonchev–Trinajstić information content (AvgIpc) is 2.96. The Morgan fingerprint density at radius 1 is 1.31 bits per heavy atom. The van der Waals surface area contributed by atoms with Crippen molar-refractivity contribution < 1.29 is 14.7 Å². The number of rotatable bonds is 5. The van der Waals surface area contributed by atoms with Crippen LogP contribution in [0.5, 0.6) is 0 Å². The molecule has 2 aromatic carbocycles. The summed E-state index contributed by atoms with van der Waals surface area (Å²) in [6.07, 6.45) is 1.41. The third kappa shape index (κ3) is 4.95. The lowest BCUT2D eigenvalue weighted by Gasteiger charge is -2.13. The number of carbonyl (C=O) groups excluding carboxylic acids is 1. The van der Waals surface area contributed by atoms with E-state index >= 15 is 0 Å². The zero-order chi connectivity index (χ0) is 21.0. The molecule has 0 spiro atoms. The molecule has 1 atom stereocenters. The number of hydrogen-bond donors (Lipinski definition) is 3. The van der Waals surface area contributed by atoms with Gasteiger partial charge in [-0.05, 0) is 55.5 Å². The number of anilines is 2. The summed E-state index contributed by atoms with van der Waals surface area (Å²) in [4.78, 5) is 23.7. The molecule has 0 aromatic heterocycles. The number of benzene rings is 2. The molecule has 3 rings (SSSR count). The van der Waals surface area contributed by atoms with Crippen molar-refractivity contribution in [3.8, 4) is 0 Å². The van der Waals surface area contributed by atoms with Crippen LogP contribution < -0.4 is 15.8 Å². The summed E-state index contributed by atoms with van der Waals surface area (Å²) >= 11 is 11.1. The summed E-state index contributed by atoms with van der Waals surface area (Å²) in [5.74, 6) is -1.94. The third-order valence-corrected chi connectivity index (χ3v) is 4.42. The van der Waals surface area contributed by atoms with Crippen molar-refractivity contribution in [1.82, 2.24) is 5.43 Å². The van der Waals surface area contributed by atoms with Gasteiger partial charge >= 0.3 is 5.97 Å². The second-order valence-electron chi connectivity index (χ2n) is 6.08. The van der Waals surface area contributed by atoms with Crippen LogP contribution >= 0.6 is 23.8 Å². The van der Waals surface area contributed by atoms with Crippen molar-refractivity contribution in [2.75, 3.05) is 10.3 Å². The Kier molecular flexibility index (Phi) is 6.20. The average molecular weight is 430 g/mol. The SMILES string of the molecule is CC1=NN(c2cccc(Cl)c2)C(=O)C1/C=N/NC(=S)Nc1cccc(C(=O)O)c1. The lowest BCUT2D eigenvalue weighted by Crippen LogP contribution is -2.30. The van der Waals surface area contributed by atoms with Gasteiger partial charge in [0, 0.05) is 16.9 Å². The number of nitrogens with one attached hydrogen (secondary N) is 2. The van der Waals surface area contributed by atoms with Gasteiger partial charge in [-0.25, -0.2) is 4.79 Å². The largest absolute Gasteiger partial charge is 0.478 e. The van der Waals surface area contributed by atoms with E-state index in [9.17, 15) is 9.59 Å². The van der Waals surface area contributed by atoms with Crippen LogP contribution in [0.25, 0.3) is 0 Å². The lowest BCUT2D eigenvalue weighted by molar-refractivity contribution is -0.118. The summed E-state index contributed by atoms with van der Waals surface area (Å²) < 4.78 is 0. The fraction of sp³-hybridized carbons (Fsp3) is 0.105. The predicted octanol–water partition coefficient (Wildman–Crippen LogP) is 3.35. The Bertz CT molecular complexity index is 1040. The maximum atomic E-state index is 12.6. The maximum Gasteiger partial charge on any atom is 0.335 e. The molecule has 8 nitrogen and oxygen atoms in total. The van der Waals surface area contributed by atoms with Crippen LogP contribution in [0.15, 0.2) is 58.7 Å². The van der Waals surface area contributed by atoms with Gasteiger partial charge in [0.2, 0.25) is 0 Å². The van der Waals surface area contributed by atoms with Crippen LogP contribution in [-0.4, -0.2) is 34.0 Å². The third-order valence-electron chi connectivity index (χ3n) is 3.99. The van der Waals surface area contributed by atoms with E-state index in [4.69, 9.17) is 28.9 Å². The molecule has 3 N–H and O–H groups in total. The molecule has 1 aliphatic heterocycles. The molecule has 0 fully saturated rings. The molecular weight excluding hydrogens is 414 g/mol. The number of aromatic carboxylic acids is 1. The minimum atomic E-state index is -1.04. The molecule has 148 valence electrons. The molecule has 0 saturated carbocycles. The Morgan fingerprint density at radius 2 is 2.07 bits per heavy atom. The van der Waals surface area contributed by atoms with Crippen LogP contribution in [0.3, 0.4) is 0 Å². The highest BCUT2D eigenvalue weighted by Gasteiger charge is 2.33. The number of carbonyl (C=O) groups is 2. The summed E-state index contributed by atoms with van der Waals surface area (Å²) in [7, 11) is 0. The topological polar surface area (TPSA) is 106 Å². The van der Waals surface area contributed by atoms with Gasteiger partial charge in [-0.3, -0.25) is 10.2 Å². The lowest BCUT2D eigenvalue weighted by atomic mass is 10.1. The van der Waals surface area contributed by atoms with E-state index in [-0.39, 0.29) is 16.6 Å². The van der Waals surface area contributed by atoms with Crippen molar-refractivity contribution in [3.63, 3.8) is 0 Å². The molecule has 0 radical (unpaired) electrons. The Morgan fingerprint density at radius 3 is 2.79 bits per heavy atom. The highest BCUT2D eigenvalue weighted by molar-refractivity contribution is 7.80. The van der Waals surface area contributed by atoms with Crippen molar-refractivity contribution in [3.05, 3.63) is 59.1 Å². The monoisotopic (exact) mass is 429 g/mol. The van der Waals surface area contributed by atoms with E-state index in [2.05, 4.69) is 20.9 Å². The van der Waals surface area contributed by atoms with Crippen LogP contribution in [0.4, 0.5) is 11.4 Å². The molecule has 29 heavy (non-hydrogen) atoms. The van der Waals surface area contributed by atoms with Crippen LogP contribution in [0, 0.1) is 5.92 Å². The highest BCUT2D eigenvalue weighted by Crippen LogP contribution is 2.25. The van der Waals surface area contributed by atoms with Crippen LogP contribution in [0.2, 0.25) is 5.02 Å². The number of carboxylic acids is 1. The van der Waals surface area contributed by atoms with Gasteiger partial charge in [0.05, 0.1) is 17.0 Å². The van der Waals surface area contributed by atoms with Gasteiger partial charge in [0.25, 0.3) is 5.91 Å². The normalized spacial score (nSPS) is 16.1. The second-order valence-corrected chi connectivity index (χ2v) is 6.92. The first-order valence-corrected chi connectivity index (χ1v) is 9.22. The van der Waals surface area contributed by atoms with Crippen molar-refractivity contribution in [1.29, 1.82) is 0 Å². The van der Waals surface area contributed by atoms with Gasteiger partial charge in [-0.2, -0.15) is 15.2 Å². The minimum absolute atomic E-state index is 0.130. The Labute approximate surface area is 176 Å². The maximum absolute atomic E-state index is 12.6. The molecule has 1 unspecified atom stereocenters. The summed E-state index contributed by atoms with van der Waals surface area (Å²) in [5, 5.41) is 22.1. The zero-order valence-electron chi connectivity index (χ0n) is 15.2. The van der Waals surface area contributed by atoms with E-state index in [0.29, 0.717) is 22.1 Å². The molecule has 0 aliphatic carbocycles. The van der Waals surface area contributed by atoms with Gasteiger partial charge in [-0.15, -0.1) is 0 Å². The summed E-state index contributed by atoms with van der Waals surface area (Å²) in [6, 6.07) is 13.0. The molecule has 10 heteroatoms. The molecular formula is C19H16ClN5O3S. The molecule has 0 saturated heterocycles. The zero-order valence-corrected chi connectivity index (χ0v) is 16.7. The number of hydrazone groups is 2. The van der Waals surface area contributed by atoms with Crippen molar-refractivity contribution >= 4 is 64.1 Å². The number of nitrogens with zero attached hydrogens (tertiary/aromatic N) is 3. The van der Waals surface area contributed by atoms with E-state index in [1.165, 1.54) is 23.4 Å². The standard InChI is InChI=1S/C19H16ClN5O3S/c1-11-16(17(26)25(24-11)15-7-3-5-13(20)9-15)10-21-23-19(29)22-14-6-2-4-12(8-14)18(27)28/h2-10,16H,1H3,(H,27,28)(H2,22,23,29)/b21-10+. The molecule has 1 heterocycles. The Hall–Kier alpha value is -3.30. The molecule has 2 aromatic rings. The fourth-order valence-electron chi connectivity index (χ4n) is 2.60. The predicted molar refractivity (Wildman–Crippen MR) is 117 cm³/mol. The number of halogens is 1. The van der Waals surface area contributed by atoms with Gasteiger partial charge in [0.1, 0.15) is 5.92 Å². The van der Waals surface area contributed by atoms with Crippen molar-refractivity contribution in [2.24, 2.45) is 16.1 Å². The van der Waals surface area contributed by atoms with Gasteiger partial charge in [-0.1, -0.05) is 23.7 Å². The van der Waals surface area contributed by atoms with Crippen molar-refractivity contribution in [2.45, 2.75) is 6.92 Å². The van der Waals surface area contributed by atoms with E-state index < -0.39 is 11.9 Å². The summed E-state index contributed by atoms with van der Waals surface area (Å²) in [6.45, 7) is 1.73. The van der Waals surface area contributed by atoms with Gasteiger partial charge in [0.15, 0.2) is 5.11 Å². The number of thiocarbonyl (C=S) groups is 1. The highest BCUT2D eigenvalue weighted by atomic mass is 35.5. The minimum Gasteiger partial charge on any atom is -0.478 e. The van der Waals surface area contributed by atoms with E-state index in [1.807, 2.05) is 0 Å². The number of carboxylic acid groups (broad SMARTS) is 1. The van der Waals surface area contributed by atoms with Gasteiger partial charge < -0.3 is 10.4 Å². The van der Waals surface area contributed by atoms with E-state index in [0.717, 1.165) is 0 Å². The quantitative estimate of drug-likeness (QED) is 0.382. The van der Waals surface area contributed by atoms with Crippen LogP contribution in [-0.2, 0) is 4.79 Å². The first kappa shape index (κ1) is 20.4. The summed E-state index contributed by atoms with van der Waals surface area (Å²) in [5.41, 5.74) is 4.38. The molecule has 1 amide bonds. The Balaban J connectivity index is 1.61. The molecule has 1 aliphatic rings. The number of amides is 1. The van der Waals surface area contributed by atoms with Crippen LogP contribution in [0.1, 0.15) is 17.3 Å². The van der Waals surface area contributed by atoms with E-state index in [1.54, 1.807) is 43.3 Å². The smallest absolute Gasteiger partial charge is 0.335 e. The fourth-order valence-corrected chi connectivity index (χ4v) is 2.96. The second kappa shape index (κ2) is 8.80. The first-order chi connectivity index (χ1) is 13.8. The first-order valence-electron chi connectivity index (χ1n) is 8.43. The molecule has 0 bridgehead atoms.